The maximum absolute atomic E-state index is 13.4. The van der Waals surface area contributed by atoms with E-state index in [-0.39, 0.29) is 35.0 Å². The molecule has 0 aliphatic carbocycles. The second-order valence-electron chi connectivity index (χ2n) is 7.68. The summed E-state index contributed by atoms with van der Waals surface area (Å²) in [6.07, 6.45) is -4.65. The summed E-state index contributed by atoms with van der Waals surface area (Å²) in [5, 5.41) is 2.74. The summed E-state index contributed by atoms with van der Waals surface area (Å²) >= 11 is 1.93. The molecule has 0 radical (unpaired) electrons. The van der Waals surface area contributed by atoms with E-state index in [9.17, 15) is 26.7 Å². The lowest BCUT2D eigenvalue weighted by atomic mass is 9.85. The van der Waals surface area contributed by atoms with Gasteiger partial charge in [0, 0.05) is 27.6 Å². The van der Waals surface area contributed by atoms with Gasteiger partial charge in [0.1, 0.15) is 17.3 Å². The van der Waals surface area contributed by atoms with Gasteiger partial charge >= 0.3 is 18.8 Å². The molecule has 0 saturated heterocycles. The first-order valence-electron chi connectivity index (χ1n) is 10.1. The van der Waals surface area contributed by atoms with Gasteiger partial charge in [-0.2, -0.15) is 22.0 Å². The van der Waals surface area contributed by atoms with Crippen LogP contribution in [0.3, 0.4) is 0 Å². The zero-order valence-corrected chi connectivity index (χ0v) is 21.7. The van der Waals surface area contributed by atoms with Crippen molar-refractivity contribution in [1.82, 2.24) is 9.55 Å². The lowest BCUT2D eigenvalue weighted by Gasteiger charge is -2.28. The third kappa shape index (κ3) is 6.56. The molecule has 186 valence electrons. The quantitative estimate of drug-likeness (QED) is 0.143. The highest BCUT2D eigenvalue weighted by molar-refractivity contribution is 14.2. The molecule has 0 amide bonds. The SMILES string of the molecule is CCOC(=O)c1nc(CC)n(-c2ccc(CC(C)(C)C(F)(F)F)cc2OC(F)F)c1C#CSI. The Morgan fingerprint density at radius 1 is 1.26 bits per heavy atom. The van der Waals surface area contributed by atoms with Crippen molar-refractivity contribution < 1.29 is 36.2 Å². The topological polar surface area (TPSA) is 53.3 Å². The Kier molecular flexibility index (Phi) is 9.64. The fraction of sp³-hybridized carbons (Fsp3) is 0.455. The highest BCUT2D eigenvalue weighted by atomic mass is 127. The number of imidazole rings is 1. The minimum Gasteiger partial charge on any atom is -0.461 e. The van der Waals surface area contributed by atoms with E-state index in [1.54, 1.807) is 13.8 Å². The normalized spacial score (nSPS) is 11.9. The van der Waals surface area contributed by atoms with Crippen molar-refractivity contribution in [2.75, 3.05) is 6.61 Å². The van der Waals surface area contributed by atoms with Crippen molar-refractivity contribution in [3.05, 3.63) is 41.0 Å². The number of rotatable bonds is 8. The van der Waals surface area contributed by atoms with E-state index in [0.29, 0.717) is 12.2 Å². The molecule has 2 aromatic rings. The summed E-state index contributed by atoms with van der Waals surface area (Å²) < 4.78 is 77.7. The first kappa shape index (κ1) is 28.2. The van der Waals surface area contributed by atoms with Crippen LogP contribution in [-0.4, -0.2) is 34.9 Å². The Bertz CT molecular complexity index is 1090. The average molecular weight is 616 g/mol. The first-order valence-corrected chi connectivity index (χ1v) is 13.4. The maximum atomic E-state index is 13.4. The molecule has 0 aliphatic heterocycles. The Balaban J connectivity index is 2.75. The predicted octanol–water partition coefficient (Wildman–Crippen LogP) is 6.74. The molecule has 0 spiro atoms. The summed E-state index contributed by atoms with van der Waals surface area (Å²) in [6, 6.07) is 3.90. The van der Waals surface area contributed by atoms with Gasteiger partial charge in [-0.3, -0.25) is 4.57 Å². The molecule has 34 heavy (non-hydrogen) atoms. The second-order valence-corrected chi connectivity index (χ2v) is 9.36. The Morgan fingerprint density at radius 3 is 2.47 bits per heavy atom. The van der Waals surface area contributed by atoms with Gasteiger partial charge in [-0.15, -0.1) is 0 Å². The Hall–Kier alpha value is -2.01. The molecule has 0 atom stereocenters. The monoisotopic (exact) mass is 616 g/mol. The van der Waals surface area contributed by atoms with Crippen LogP contribution in [0.4, 0.5) is 22.0 Å². The molecule has 0 fully saturated rings. The lowest BCUT2D eigenvalue weighted by molar-refractivity contribution is -0.211. The molecular formula is C22H22F5IN2O3S. The molecule has 0 saturated carbocycles. The number of aromatic nitrogens is 2. The fourth-order valence-corrected chi connectivity index (χ4v) is 3.61. The van der Waals surface area contributed by atoms with Crippen LogP contribution in [0.2, 0.25) is 0 Å². The fourth-order valence-electron chi connectivity index (χ4n) is 3.14. The van der Waals surface area contributed by atoms with Gasteiger partial charge in [-0.05, 0) is 51.1 Å². The van der Waals surface area contributed by atoms with Crippen molar-refractivity contribution in [2.45, 2.75) is 53.3 Å². The molecule has 1 heterocycles. The smallest absolute Gasteiger partial charge is 0.394 e. The summed E-state index contributed by atoms with van der Waals surface area (Å²) in [6.45, 7) is 2.27. The number of nitrogens with zero attached hydrogens (tertiary/aromatic N) is 2. The van der Waals surface area contributed by atoms with Crippen molar-refractivity contribution >= 4 is 36.1 Å². The number of benzene rings is 1. The van der Waals surface area contributed by atoms with Crippen LogP contribution in [0.1, 0.15) is 55.3 Å². The molecule has 1 aromatic heterocycles. The van der Waals surface area contributed by atoms with Crippen LogP contribution in [0.15, 0.2) is 18.2 Å². The number of aryl methyl sites for hydroxylation is 1. The number of esters is 1. The average Bonchev–Trinajstić information content (AvgIpc) is 3.09. The maximum Gasteiger partial charge on any atom is 0.394 e. The third-order valence-electron chi connectivity index (χ3n) is 4.83. The van der Waals surface area contributed by atoms with E-state index in [2.05, 4.69) is 20.9 Å². The van der Waals surface area contributed by atoms with Crippen LogP contribution in [0, 0.1) is 16.6 Å². The number of ether oxygens (including phenoxy) is 2. The molecular weight excluding hydrogens is 594 g/mol. The number of hydrogen-bond donors (Lipinski definition) is 0. The molecule has 0 unspecified atom stereocenters. The standard InChI is InChI=1S/C22H22F5IN2O3S/c1-5-17-29-18(19(31)32-6-2)15(9-10-34-28)30(17)14-8-7-13(11-16(14)33-20(23)24)12-21(3,4)22(25,26)27/h7-8,11,20H,5-6,12H2,1-4H3. The number of carbonyl (C=O) groups excluding carboxylic acids is 1. The largest absolute Gasteiger partial charge is 0.461 e. The molecule has 0 aliphatic rings. The van der Waals surface area contributed by atoms with Crippen molar-refractivity contribution in [1.29, 1.82) is 0 Å². The predicted molar refractivity (Wildman–Crippen MR) is 128 cm³/mol. The highest BCUT2D eigenvalue weighted by Crippen LogP contribution is 2.41. The zero-order chi connectivity index (χ0) is 25.7. The third-order valence-corrected chi connectivity index (χ3v) is 5.67. The molecule has 1 aromatic carbocycles. The molecule has 0 N–H and O–H groups in total. The summed E-state index contributed by atoms with van der Waals surface area (Å²) in [7, 11) is 1.13. The lowest BCUT2D eigenvalue weighted by Crippen LogP contribution is -2.34. The van der Waals surface area contributed by atoms with Gasteiger partial charge in [0.05, 0.1) is 17.7 Å². The van der Waals surface area contributed by atoms with Gasteiger partial charge in [-0.25, -0.2) is 9.78 Å². The van der Waals surface area contributed by atoms with E-state index in [4.69, 9.17) is 4.74 Å². The molecule has 2 rings (SSSR count). The van der Waals surface area contributed by atoms with Gasteiger partial charge in [0.25, 0.3) is 0 Å². The molecule has 12 heteroatoms. The van der Waals surface area contributed by atoms with Gasteiger partial charge in [-0.1, -0.05) is 26.8 Å². The van der Waals surface area contributed by atoms with E-state index in [0.717, 1.165) is 28.8 Å². The van der Waals surface area contributed by atoms with Crippen LogP contribution < -0.4 is 4.74 Å². The van der Waals surface area contributed by atoms with Crippen molar-refractivity contribution in [3.8, 4) is 22.6 Å². The Morgan fingerprint density at radius 2 is 1.94 bits per heavy atom. The van der Waals surface area contributed by atoms with Crippen molar-refractivity contribution in [2.24, 2.45) is 5.41 Å². The van der Waals surface area contributed by atoms with E-state index >= 15 is 0 Å². The summed E-state index contributed by atoms with van der Waals surface area (Å²) in [5.41, 5.74) is -1.87. The first-order chi connectivity index (χ1) is 15.9. The highest BCUT2D eigenvalue weighted by Gasteiger charge is 2.47. The van der Waals surface area contributed by atoms with Crippen LogP contribution in [0.5, 0.6) is 5.75 Å². The number of carbonyl (C=O) groups is 1. The van der Waals surface area contributed by atoms with Crippen LogP contribution >= 0.6 is 30.1 Å². The van der Waals surface area contributed by atoms with Crippen LogP contribution in [0.25, 0.3) is 5.69 Å². The molecule has 5 nitrogen and oxygen atoms in total. The Labute approximate surface area is 210 Å². The number of halogens is 6. The van der Waals surface area contributed by atoms with Crippen molar-refractivity contribution in [3.63, 3.8) is 0 Å². The van der Waals surface area contributed by atoms with Gasteiger partial charge in [0.2, 0.25) is 0 Å². The minimum atomic E-state index is -4.50. The summed E-state index contributed by atoms with van der Waals surface area (Å²) in [5.74, 6) is 2.00. The van der Waals surface area contributed by atoms with Gasteiger partial charge in [0.15, 0.2) is 5.69 Å². The molecule has 0 bridgehead atoms. The minimum absolute atomic E-state index is 0.0662. The number of hydrogen-bond acceptors (Lipinski definition) is 5. The second kappa shape index (κ2) is 11.6. The van der Waals surface area contributed by atoms with E-state index in [1.165, 1.54) is 16.7 Å². The number of alkyl halides is 5. The van der Waals surface area contributed by atoms with E-state index < -0.39 is 30.6 Å². The summed E-state index contributed by atoms with van der Waals surface area (Å²) in [4.78, 5) is 16.8. The zero-order valence-electron chi connectivity index (χ0n) is 18.7. The van der Waals surface area contributed by atoms with E-state index in [1.807, 2.05) is 21.2 Å². The van der Waals surface area contributed by atoms with Crippen LogP contribution in [-0.2, 0) is 17.6 Å². The van der Waals surface area contributed by atoms with Gasteiger partial charge < -0.3 is 9.47 Å².